The second-order valence-electron chi connectivity index (χ2n) is 2.32. The van der Waals surface area contributed by atoms with Crippen LogP contribution in [0.5, 0.6) is 0 Å². The van der Waals surface area contributed by atoms with E-state index < -0.39 is 5.97 Å². The van der Waals surface area contributed by atoms with Gasteiger partial charge in [0.15, 0.2) is 0 Å². The topological polar surface area (TPSA) is 63.3 Å². The number of carbonyl (C=O) groups is 1. The zero-order valence-electron chi connectivity index (χ0n) is 6.25. The largest absolute Gasteiger partial charge is 0.478 e. The molecule has 0 amide bonds. The van der Waals surface area contributed by atoms with Crippen LogP contribution in [0.4, 0.5) is 5.69 Å². The molecule has 0 aliphatic rings. The molecule has 1 aromatic carbocycles. The second-order valence-corrected chi connectivity index (χ2v) is 2.88. The standard InChI is InChI=1S/C8H8BrNO2/c9-4-5-2-1-3-6(10)7(5)8(11)12/h1-3H,4,10H2,(H,11,12). The van der Waals surface area contributed by atoms with Crippen LogP contribution in [0.3, 0.4) is 0 Å². The molecule has 3 N–H and O–H groups in total. The quantitative estimate of drug-likeness (QED) is 0.602. The Morgan fingerprint density at radius 3 is 2.67 bits per heavy atom. The predicted molar refractivity (Wildman–Crippen MR) is 50.4 cm³/mol. The Kier molecular flexibility index (Phi) is 2.70. The monoisotopic (exact) mass is 229 g/mol. The molecule has 0 aliphatic heterocycles. The molecule has 0 bridgehead atoms. The van der Waals surface area contributed by atoms with Crippen molar-refractivity contribution < 1.29 is 9.90 Å². The minimum Gasteiger partial charge on any atom is -0.478 e. The molecule has 0 aliphatic carbocycles. The highest BCUT2D eigenvalue weighted by molar-refractivity contribution is 9.08. The summed E-state index contributed by atoms with van der Waals surface area (Å²) >= 11 is 3.19. The number of nitrogen functional groups attached to an aromatic ring is 1. The van der Waals surface area contributed by atoms with E-state index in [0.717, 1.165) is 0 Å². The average Bonchev–Trinajstić information content (AvgIpc) is 2.03. The Hall–Kier alpha value is -1.03. The molecule has 0 heterocycles. The Labute approximate surface area is 78.3 Å². The number of nitrogens with two attached hydrogens (primary N) is 1. The van der Waals surface area contributed by atoms with Crippen molar-refractivity contribution in [1.82, 2.24) is 0 Å². The van der Waals surface area contributed by atoms with Crippen molar-refractivity contribution >= 4 is 27.6 Å². The minimum atomic E-state index is -0.984. The first-order valence-corrected chi connectivity index (χ1v) is 4.45. The number of carboxylic acid groups (broad SMARTS) is 1. The van der Waals surface area contributed by atoms with Gasteiger partial charge >= 0.3 is 5.97 Å². The molecule has 0 spiro atoms. The van der Waals surface area contributed by atoms with Gasteiger partial charge in [-0.25, -0.2) is 4.79 Å². The van der Waals surface area contributed by atoms with E-state index in [0.29, 0.717) is 16.6 Å². The van der Waals surface area contributed by atoms with Crippen LogP contribution in [-0.2, 0) is 5.33 Å². The van der Waals surface area contributed by atoms with Gasteiger partial charge in [0.25, 0.3) is 0 Å². The lowest BCUT2D eigenvalue weighted by Gasteiger charge is -2.04. The Balaban J connectivity index is 3.29. The third kappa shape index (κ3) is 1.58. The molecule has 0 saturated heterocycles. The number of carboxylic acids is 1. The summed E-state index contributed by atoms with van der Waals surface area (Å²) < 4.78 is 0. The van der Waals surface area contributed by atoms with Crippen LogP contribution in [0.25, 0.3) is 0 Å². The lowest BCUT2D eigenvalue weighted by atomic mass is 10.1. The van der Waals surface area contributed by atoms with E-state index in [2.05, 4.69) is 15.9 Å². The van der Waals surface area contributed by atoms with Gasteiger partial charge in [-0.2, -0.15) is 0 Å². The van der Waals surface area contributed by atoms with Gasteiger partial charge in [-0.15, -0.1) is 0 Å². The summed E-state index contributed by atoms with van der Waals surface area (Å²) in [5.41, 5.74) is 6.69. The molecule has 0 saturated carbocycles. The second kappa shape index (κ2) is 3.58. The van der Waals surface area contributed by atoms with Gasteiger partial charge < -0.3 is 10.8 Å². The molecule has 12 heavy (non-hydrogen) atoms. The predicted octanol–water partition coefficient (Wildman–Crippen LogP) is 1.86. The van der Waals surface area contributed by atoms with E-state index in [4.69, 9.17) is 10.8 Å². The van der Waals surface area contributed by atoms with Crippen LogP contribution >= 0.6 is 15.9 Å². The van der Waals surface area contributed by atoms with Gasteiger partial charge in [0, 0.05) is 11.0 Å². The van der Waals surface area contributed by atoms with Crippen molar-refractivity contribution in [3.8, 4) is 0 Å². The highest BCUT2D eigenvalue weighted by Gasteiger charge is 2.11. The molecule has 0 atom stereocenters. The Morgan fingerprint density at radius 2 is 2.25 bits per heavy atom. The number of halogens is 1. The van der Waals surface area contributed by atoms with E-state index in [1.54, 1.807) is 18.2 Å². The highest BCUT2D eigenvalue weighted by Crippen LogP contribution is 2.18. The molecule has 0 radical (unpaired) electrons. The van der Waals surface area contributed by atoms with Gasteiger partial charge in [-0.05, 0) is 11.6 Å². The van der Waals surface area contributed by atoms with Crippen LogP contribution in [-0.4, -0.2) is 11.1 Å². The van der Waals surface area contributed by atoms with Crippen LogP contribution in [0.15, 0.2) is 18.2 Å². The molecule has 64 valence electrons. The molecule has 1 rings (SSSR count). The fraction of sp³-hybridized carbons (Fsp3) is 0.125. The van der Waals surface area contributed by atoms with E-state index in [1.807, 2.05) is 0 Å². The zero-order chi connectivity index (χ0) is 9.14. The van der Waals surface area contributed by atoms with Crippen molar-refractivity contribution in [3.63, 3.8) is 0 Å². The Bertz CT molecular complexity index is 312. The number of aromatic carboxylic acids is 1. The first-order valence-electron chi connectivity index (χ1n) is 3.33. The van der Waals surface area contributed by atoms with Crippen molar-refractivity contribution in [2.24, 2.45) is 0 Å². The fourth-order valence-corrected chi connectivity index (χ4v) is 1.46. The summed E-state index contributed by atoms with van der Waals surface area (Å²) in [7, 11) is 0. The third-order valence-electron chi connectivity index (χ3n) is 1.54. The molecule has 0 aromatic heterocycles. The Morgan fingerprint density at radius 1 is 1.58 bits per heavy atom. The van der Waals surface area contributed by atoms with Crippen molar-refractivity contribution in [1.29, 1.82) is 0 Å². The maximum absolute atomic E-state index is 10.7. The van der Waals surface area contributed by atoms with Gasteiger partial charge in [-0.1, -0.05) is 28.1 Å². The van der Waals surface area contributed by atoms with Crippen molar-refractivity contribution in [2.75, 3.05) is 5.73 Å². The molecular formula is C8H8BrNO2. The average molecular weight is 230 g/mol. The van der Waals surface area contributed by atoms with Crippen LogP contribution in [0, 0.1) is 0 Å². The summed E-state index contributed by atoms with van der Waals surface area (Å²) in [6, 6.07) is 5.04. The SMILES string of the molecule is Nc1cccc(CBr)c1C(=O)O. The van der Waals surface area contributed by atoms with Crippen molar-refractivity contribution in [2.45, 2.75) is 5.33 Å². The van der Waals surface area contributed by atoms with E-state index in [-0.39, 0.29) is 5.56 Å². The highest BCUT2D eigenvalue weighted by atomic mass is 79.9. The molecule has 0 unspecified atom stereocenters. The summed E-state index contributed by atoms with van der Waals surface area (Å²) in [4.78, 5) is 10.7. The number of rotatable bonds is 2. The number of anilines is 1. The maximum Gasteiger partial charge on any atom is 0.338 e. The number of hydrogen-bond donors (Lipinski definition) is 2. The van der Waals surface area contributed by atoms with E-state index in [1.165, 1.54) is 0 Å². The molecule has 1 aromatic rings. The van der Waals surface area contributed by atoms with Gasteiger partial charge in [0.2, 0.25) is 0 Å². The van der Waals surface area contributed by atoms with Crippen LogP contribution < -0.4 is 5.73 Å². The lowest BCUT2D eigenvalue weighted by Crippen LogP contribution is -2.05. The summed E-state index contributed by atoms with van der Waals surface area (Å²) in [6.45, 7) is 0. The van der Waals surface area contributed by atoms with E-state index in [9.17, 15) is 4.79 Å². The first kappa shape index (κ1) is 9.06. The number of alkyl halides is 1. The maximum atomic E-state index is 10.7. The number of benzene rings is 1. The first-order chi connectivity index (χ1) is 5.66. The summed E-state index contributed by atoms with van der Waals surface area (Å²) in [6.07, 6.45) is 0. The van der Waals surface area contributed by atoms with Gasteiger partial charge in [-0.3, -0.25) is 0 Å². The molecular weight excluding hydrogens is 222 g/mol. The van der Waals surface area contributed by atoms with Crippen LogP contribution in [0.1, 0.15) is 15.9 Å². The van der Waals surface area contributed by atoms with Crippen molar-refractivity contribution in [3.05, 3.63) is 29.3 Å². The van der Waals surface area contributed by atoms with Crippen LogP contribution in [0.2, 0.25) is 0 Å². The smallest absolute Gasteiger partial charge is 0.338 e. The third-order valence-corrected chi connectivity index (χ3v) is 2.14. The molecule has 4 heteroatoms. The zero-order valence-corrected chi connectivity index (χ0v) is 7.84. The van der Waals surface area contributed by atoms with Gasteiger partial charge in [0.1, 0.15) is 0 Å². The van der Waals surface area contributed by atoms with Gasteiger partial charge in [0.05, 0.1) is 5.56 Å². The minimum absolute atomic E-state index is 0.189. The molecule has 3 nitrogen and oxygen atoms in total. The normalized spacial score (nSPS) is 9.75. The summed E-state index contributed by atoms with van der Waals surface area (Å²) in [5, 5.41) is 9.28. The van der Waals surface area contributed by atoms with E-state index >= 15 is 0 Å². The fourth-order valence-electron chi connectivity index (χ4n) is 0.992. The number of hydrogen-bond acceptors (Lipinski definition) is 2. The molecule has 0 fully saturated rings. The lowest BCUT2D eigenvalue weighted by molar-refractivity contribution is 0.0697. The summed E-state index contributed by atoms with van der Waals surface area (Å²) in [5.74, 6) is -0.984.